The molecule has 1 fully saturated rings. The van der Waals surface area contributed by atoms with E-state index in [0.717, 1.165) is 16.7 Å². The molecule has 0 amide bonds. The number of hydrogen-bond donors (Lipinski definition) is 0. The highest BCUT2D eigenvalue weighted by Crippen LogP contribution is 2.31. The lowest BCUT2D eigenvalue weighted by atomic mass is 10.1. The lowest BCUT2D eigenvalue weighted by molar-refractivity contribution is 0.554. The zero-order valence-electron chi connectivity index (χ0n) is 10.1. The Kier molecular flexibility index (Phi) is 2.59. The highest BCUT2D eigenvalue weighted by molar-refractivity contribution is 7.89. The van der Waals surface area contributed by atoms with Gasteiger partial charge in [0.2, 0.25) is 10.0 Å². The predicted molar refractivity (Wildman–Crippen MR) is 64.0 cm³/mol. The van der Waals surface area contributed by atoms with Crippen LogP contribution in [0, 0.1) is 20.8 Å². The molecular formula is C12H17NO2S. The summed E-state index contributed by atoms with van der Waals surface area (Å²) in [6.07, 6.45) is 0. The fraction of sp³-hybridized carbons (Fsp3) is 0.500. The van der Waals surface area contributed by atoms with Crippen molar-refractivity contribution in [3.63, 3.8) is 0 Å². The Hall–Kier alpha value is -0.870. The molecule has 16 heavy (non-hydrogen) atoms. The van der Waals surface area contributed by atoms with E-state index in [4.69, 9.17) is 0 Å². The van der Waals surface area contributed by atoms with Gasteiger partial charge in [0.1, 0.15) is 0 Å². The third kappa shape index (κ3) is 1.76. The van der Waals surface area contributed by atoms with Crippen LogP contribution in [0.25, 0.3) is 0 Å². The lowest BCUT2D eigenvalue weighted by Gasteiger charge is -2.12. The molecule has 0 spiro atoms. The molecule has 1 heterocycles. The van der Waals surface area contributed by atoms with Crippen molar-refractivity contribution in [2.45, 2.75) is 38.6 Å². The van der Waals surface area contributed by atoms with Crippen LogP contribution < -0.4 is 0 Å². The average molecular weight is 239 g/mol. The molecule has 2 atom stereocenters. The van der Waals surface area contributed by atoms with Gasteiger partial charge in [0, 0.05) is 12.6 Å². The van der Waals surface area contributed by atoms with Crippen molar-refractivity contribution >= 4 is 10.0 Å². The third-order valence-electron chi connectivity index (χ3n) is 2.97. The number of nitrogens with zero attached hydrogens (tertiary/aromatic N) is 1. The molecule has 1 unspecified atom stereocenters. The van der Waals surface area contributed by atoms with E-state index in [1.165, 1.54) is 4.31 Å². The topological polar surface area (TPSA) is 37.1 Å². The van der Waals surface area contributed by atoms with Crippen molar-refractivity contribution in [2.24, 2.45) is 0 Å². The normalized spacial score (nSPS) is 24.5. The molecule has 1 aromatic rings. The van der Waals surface area contributed by atoms with Gasteiger partial charge in [0.05, 0.1) is 4.90 Å². The zero-order chi connectivity index (χ0) is 12.1. The molecule has 3 nitrogen and oxygen atoms in total. The molecule has 0 aliphatic carbocycles. The van der Waals surface area contributed by atoms with Crippen molar-refractivity contribution in [3.8, 4) is 0 Å². The minimum atomic E-state index is -3.26. The number of rotatable bonds is 2. The fourth-order valence-electron chi connectivity index (χ4n) is 2.24. The standard InChI is InChI=1S/C12H17NO2S/c1-8-5-9(2)12(10(3)6-8)16(14,15)13-7-11(13)4/h5-6,11H,7H2,1-4H3/t11-,13?/m0/s1. The number of aryl methyl sites for hydroxylation is 3. The molecule has 1 aliphatic heterocycles. The van der Waals surface area contributed by atoms with Crippen LogP contribution in [0.4, 0.5) is 0 Å². The number of sulfonamides is 1. The highest BCUT2D eigenvalue weighted by atomic mass is 32.2. The van der Waals surface area contributed by atoms with E-state index >= 15 is 0 Å². The maximum absolute atomic E-state index is 12.3. The van der Waals surface area contributed by atoms with Crippen LogP contribution in [0.1, 0.15) is 23.6 Å². The first-order chi connectivity index (χ1) is 7.34. The van der Waals surface area contributed by atoms with Gasteiger partial charge in [-0.2, -0.15) is 4.31 Å². The monoisotopic (exact) mass is 239 g/mol. The summed E-state index contributed by atoms with van der Waals surface area (Å²) in [7, 11) is -3.26. The van der Waals surface area contributed by atoms with Gasteiger partial charge in [-0.15, -0.1) is 0 Å². The predicted octanol–water partition coefficient (Wildman–Crippen LogP) is 2.00. The number of benzene rings is 1. The molecule has 2 rings (SSSR count). The second-order valence-electron chi connectivity index (χ2n) is 4.65. The van der Waals surface area contributed by atoms with Crippen LogP contribution in [0.3, 0.4) is 0 Å². The molecule has 1 aliphatic rings. The largest absolute Gasteiger partial charge is 0.243 e. The molecule has 0 aromatic heterocycles. The first kappa shape index (κ1) is 11.6. The maximum Gasteiger partial charge on any atom is 0.243 e. The van der Waals surface area contributed by atoms with Crippen LogP contribution in [-0.4, -0.2) is 25.3 Å². The summed E-state index contributed by atoms with van der Waals surface area (Å²) in [6, 6.07) is 4.01. The number of hydrogen-bond acceptors (Lipinski definition) is 2. The minimum Gasteiger partial charge on any atom is -0.207 e. The summed E-state index contributed by atoms with van der Waals surface area (Å²) in [4.78, 5) is 0.488. The van der Waals surface area contributed by atoms with Crippen LogP contribution in [-0.2, 0) is 10.0 Å². The zero-order valence-corrected chi connectivity index (χ0v) is 10.9. The second kappa shape index (κ2) is 3.57. The Morgan fingerprint density at radius 3 is 2.00 bits per heavy atom. The van der Waals surface area contributed by atoms with Crippen molar-refractivity contribution in [2.75, 3.05) is 6.54 Å². The van der Waals surface area contributed by atoms with Crippen LogP contribution in [0.15, 0.2) is 17.0 Å². The van der Waals surface area contributed by atoms with Crippen molar-refractivity contribution in [1.29, 1.82) is 0 Å². The second-order valence-corrected chi connectivity index (χ2v) is 6.48. The summed E-state index contributed by atoms with van der Waals surface area (Å²) in [6.45, 7) is 8.28. The molecule has 4 heteroatoms. The molecule has 0 bridgehead atoms. The first-order valence-electron chi connectivity index (χ1n) is 5.43. The van der Waals surface area contributed by atoms with Crippen molar-refractivity contribution in [1.82, 2.24) is 4.31 Å². The molecular weight excluding hydrogens is 222 g/mol. The van der Waals surface area contributed by atoms with Crippen LogP contribution in [0.5, 0.6) is 0 Å². The van der Waals surface area contributed by atoms with Gasteiger partial charge in [-0.1, -0.05) is 17.7 Å². The summed E-state index contributed by atoms with van der Waals surface area (Å²) < 4.78 is 26.1. The van der Waals surface area contributed by atoms with Crippen LogP contribution in [0.2, 0.25) is 0 Å². The van der Waals surface area contributed by atoms with E-state index < -0.39 is 10.0 Å². The van der Waals surface area contributed by atoms with E-state index in [2.05, 4.69) is 0 Å². The van der Waals surface area contributed by atoms with Crippen molar-refractivity contribution in [3.05, 3.63) is 28.8 Å². The fourth-order valence-corrected chi connectivity index (χ4v) is 4.29. The Labute approximate surface area is 97.1 Å². The maximum atomic E-state index is 12.3. The molecule has 1 saturated heterocycles. The van der Waals surface area contributed by atoms with E-state index in [0.29, 0.717) is 11.4 Å². The van der Waals surface area contributed by atoms with Gasteiger partial charge in [-0.05, 0) is 38.8 Å². The Morgan fingerprint density at radius 2 is 1.62 bits per heavy atom. The van der Waals surface area contributed by atoms with Gasteiger partial charge in [-0.3, -0.25) is 0 Å². The van der Waals surface area contributed by atoms with Gasteiger partial charge in [-0.25, -0.2) is 8.42 Å². The molecule has 0 radical (unpaired) electrons. The van der Waals surface area contributed by atoms with E-state index in [-0.39, 0.29) is 6.04 Å². The lowest BCUT2D eigenvalue weighted by Crippen LogP contribution is -2.16. The third-order valence-corrected chi connectivity index (χ3v) is 5.26. The Balaban J connectivity index is 2.57. The van der Waals surface area contributed by atoms with Gasteiger partial charge in [0.15, 0.2) is 0 Å². The summed E-state index contributed by atoms with van der Waals surface area (Å²) in [5.74, 6) is 0. The Morgan fingerprint density at radius 1 is 1.19 bits per heavy atom. The molecule has 0 N–H and O–H groups in total. The molecule has 88 valence electrons. The SMILES string of the molecule is Cc1cc(C)c(S(=O)(=O)N2C[C@@H]2C)c(C)c1. The first-order valence-corrected chi connectivity index (χ1v) is 6.87. The van der Waals surface area contributed by atoms with E-state index in [9.17, 15) is 8.42 Å². The smallest absolute Gasteiger partial charge is 0.207 e. The van der Waals surface area contributed by atoms with E-state index in [1.807, 2.05) is 39.8 Å². The summed E-state index contributed by atoms with van der Waals surface area (Å²) in [5.41, 5.74) is 2.79. The van der Waals surface area contributed by atoms with E-state index in [1.54, 1.807) is 0 Å². The summed E-state index contributed by atoms with van der Waals surface area (Å²) >= 11 is 0. The average Bonchev–Trinajstić information content (AvgIpc) is 2.80. The highest BCUT2D eigenvalue weighted by Gasteiger charge is 2.42. The van der Waals surface area contributed by atoms with Crippen LogP contribution >= 0.6 is 0 Å². The minimum absolute atomic E-state index is 0.158. The van der Waals surface area contributed by atoms with Crippen molar-refractivity contribution < 1.29 is 8.42 Å². The molecule has 1 aromatic carbocycles. The van der Waals surface area contributed by atoms with Gasteiger partial charge in [0.25, 0.3) is 0 Å². The Bertz CT molecular complexity index is 511. The van der Waals surface area contributed by atoms with Gasteiger partial charge >= 0.3 is 0 Å². The summed E-state index contributed by atoms with van der Waals surface area (Å²) in [5, 5.41) is 0. The van der Waals surface area contributed by atoms with Gasteiger partial charge < -0.3 is 0 Å². The quantitative estimate of drug-likeness (QED) is 0.740. The molecule has 0 saturated carbocycles.